The summed E-state index contributed by atoms with van der Waals surface area (Å²) in [6.07, 6.45) is 3.41. The lowest BCUT2D eigenvalue weighted by molar-refractivity contribution is 0.571. The minimum Gasteiger partial charge on any atom is -0.457 e. The molecule has 0 radical (unpaired) electrons. The van der Waals surface area contributed by atoms with Crippen LogP contribution in [0.25, 0.3) is 23.1 Å². The zero-order chi connectivity index (χ0) is 28.1. The Morgan fingerprint density at radius 1 is 0.850 bits per heavy atom. The zero-order valence-electron chi connectivity index (χ0n) is 20.0. The second-order valence-corrected chi connectivity index (χ2v) is 11.9. The maximum Gasteiger partial charge on any atom is 0.271 e. The number of rotatable bonds is 4. The molecule has 40 heavy (non-hydrogen) atoms. The number of furan rings is 1. The van der Waals surface area contributed by atoms with E-state index in [0.717, 1.165) is 5.56 Å². The van der Waals surface area contributed by atoms with Crippen LogP contribution in [0.2, 0.25) is 25.1 Å². The van der Waals surface area contributed by atoms with E-state index < -0.39 is 11.9 Å². The first-order valence-corrected chi connectivity index (χ1v) is 14.4. The first kappa shape index (κ1) is 27.3. The quantitative estimate of drug-likeness (QED) is 0.183. The van der Waals surface area contributed by atoms with Crippen molar-refractivity contribution in [3.63, 3.8) is 0 Å². The molecular formula is C29H14Cl5FN2O2S. The summed E-state index contributed by atoms with van der Waals surface area (Å²) >= 11 is 32.0. The molecule has 4 nitrogen and oxygen atoms in total. The normalized spacial score (nSPS) is 15.1. The summed E-state index contributed by atoms with van der Waals surface area (Å²) in [5, 5.41) is 1.65. The van der Waals surface area contributed by atoms with Gasteiger partial charge in [-0.1, -0.05) is 81.5 Å². The van der Waals surface area contributed by atoms with Crippen molar-refractivity contribution >= 4 is 81.1 Å². The number of thiazole rings is 1. The van der Waals surface area contributed by atoms with Gasteiger partial charge in [0.2, 0.25) is 0 Å². The van der Waals surface area contributed by atoms with Crippen molar-refractivity contribution in [1.29, 1.82) is 0 Å². The van der Waals surface area contributed by atoms with Gasteiger partial charge in [-0.05, 0) is 66.2 Å². The van der Waals surface area contributed by atoms with Crippen LogP contribution < -0.4 is 14.9 Å². The van der Waals surface area contributed by atoms with E-state index in [9.17, 15) is 9.18 Å². The molecule has 1 unspecified atom stereocenters. The van der Waals surface area contributed by atoms with Crippen LogP contribution in [-0.2, 0) is 0 Å². The molecule has 200 valence electrons. The molecular weight excluding hydrogens is 637 g/mol. The highest BCUT2D eigenvalue weighted by atomic mass is 35.5. The summed E-state index contributed by atoms with van der Waals surface area (Å²) in [7, 11) is 0. The van der Waals surface area contributed by atoms with Gasteiger partial charge in [-0.15, -0.1) is 0 Å². The van der Waals surface area contributed by atoms with E-state index >= 15 is 0 Å². The molecule has 3 heterocycles. The number of fused-ring (bicyclic) bond motifs is 1. The lowest BCUT2D eigenvalue weighted by Gasteiger charge is -2.20. The van der Waals surface area contributed by atoms with Crippen LogP contribution in [0.4, 0.5) is 4.39 Å². The van der Waals surface area contributed by atoms with Crippen LogP contribution in [0.15, 0.2) is 87.0 Å². The average Bonchev–Trinajstić information content (AvgIpc) is 3.50. The first-order chi connectivity index (χ1) is 19.2. The van der Waals surface area contributed by atoms with Gasteiger partial charge in [-0.2, -0.15) is 0 Å². The highest BCUT2D eigenvalue weighted by Gasteiger charge is 2.24. The molecule has 0 saturated carbocycles. The van der Waals surface area contributed by atoms with Crippen LogP contribution in [0.5, 0.6) is 0 Å². The van der Waals surface area contributed by atoms with E-state index in [0.29, 0.717) is 52.7 Å². The predicted octanol–water partition coefficient (Wildman–Crippen LogP) is 8.67. The number of nitrogens with zero attached hydrogens (tertiary/aromatic N) is 2. The maximum atomic E-state index is 14.4. The minimum absolute atomic E-state index is 0.0953. The number of halogens is 6. The molecule has 3 aromatic carbocycles. The van der Waals surface area contributed by atoms with Crippen LogP contribution in [0, 0.1) is 5.82 Å². The third-order valence-corrected chi connectivity index (χ3v) is 8.63. The Bertz CT molecular complexity index is 2010. The molecule has 5 aromatic rings. The lowest BCUT2D eigenvalue weighted by atomic mass is 10.0. The molecule has 1 aliphatic heterocycles. The Hall–Kier alpha value is -2.84. The molecule has 1 aliphatic rings. The number of benzene rings is 3. The average molecular weight is 651 g/mol. The minimum atomic E-state index is -0.627. The Morgan fingerprint density at radius 3 is 2.33 bits per heavy atom. The van der Waals surface area contributed by atoms with Crippen molar-refractivity contribution in [3.05, 3.63) is 140 Å². The fraction of sp³-hybridized carbons (Fsp3) is 0.0345. The molecule has 0 amide bonds. The van der Waals surface area contributed by atoms with Gasteiger partial charge in [0.15, 0.2) is 4.80 Å². The molecule has 0 aliphatic carbocycles. The molecule has 0 fully saturated rings. The summed E-state index contributed by atoms with van der Waals surface area (Å²) in [5.74, 6) is 0.357. The van der Waals surface area contributed by atoms with Crippen LogP contribution in [-0.4, -0.2) is 4.57 Å². The van der Waals surface area contributed by atoms with Crippen molar-refractivity contribution < 1.29 is 8.81 Å². The van der Waals surface area contributed by atoms with E-state index in [1.807, 2.05) is 12.1 Å². The standard InChI is InChI=1S/C29H14Cl5FN2O2S/c30-15-3-1-14(2-4-15)25-13-24(19-11-23(35)22(34)12-21(19)33)36-29-37(25)28(38)27(40-29)10-17-6-8-26(39-17)18-7-5-16(31)9-20(18)32/h1-13,25H/b27-10-. The summed E-state index contributed by atoms with van der Waals surface area (Å²) < 4.78 is 22.3. The SMILES string of the molecule is O=c1/c(=C/c2ccc(-c3ccc(Cl)cc3Cl)o2)sc2n1C(c1ccc(Cl)cc1)C=C(c1cc(F)c(Cl)cc1Cl)N=2. The summed E-state index contributed by atoms with van der Waals surface area (Å²) in [6, 6.07) is 17.8. The first-order valence-electron chi connectivity index (χ1n) is 11.7. The van der Waals surface area contributed by atoms with E-state index in [1.54, 1.807) is 59.2 Å². The Labute approximate surface area is 255 Å². The number of hydrogen-bond donors (Lipinski definition) is 0. The summed E-state index contributed by atoms with van der Waals surface area (Å²) in [4.78, 5) is 18.8. The van der Waals surface area contributed by atoms with Crippen LogP contribution >= 0.6 is 69.3 Å². The van der Waals surface area contributed by atoms with Gasteiger partial charge in [0.05, 0.1) is 31.3 Å². The van der Waals surface area contributed by atoms with Gasteiger partial charge >= 0.3 is 0 Å². The van der Waals surface area contributed by atoms with Gasteiger partial charge in [0.25, 0.3) is 5.56 Å². The lowest BCUT2D eigenvalue weighted by Crippen LogP contribution is -2.36. The van der Waals surface area contributed by atoms with Gasteiger partial charge in [0, 0.05) is 27.2 Å². The molecule has 0 saturated heterocycles. The van der Waals surface area contributed by atoms with E-state index in [2.05, 4.69) is 4.99 Å². The van der Waals surface area contributed by atoms with Crippen molar-refractivity contribution in [1.82, 2.24) is 4.57 Å². The molecule has 1 atom stereocenters. The van der Waals surface area contributed by atoms with E-state index in [1.165, 1.54) is 23.5 Å². The Kier molecular flexibility index (Phi) is 7.42. The second kappa shape index (κ2) is 10.9. The molecule has 0 bridgehead atoms. The molecule has 2 aromatic heterocycles. The van der Waals surface area contributed by atoms with Gasteiger partial charge in [0.1, 0.15) is 17.3 Å². The monoisotopic (exact) mass is 648 g/mol. The molecule has 0 spiro atoms. The van der Waals surface area contributed by atoms with Crippen molar-refractivity contribution in [2.24, 2.45) is 4.99 Å². The molecule has 0 N–H and O–H groups in total. The van der Waals surface area contributed by atoms with Crippen LogP contribution in [0.3, 0.4) is 0 Å². The smallest absolute Gasteiger partial charge is 0.271 e. The third-order valence-electron chi connectivity index (χ3n) is 6.24. The summed E-state index contributed by atoms with van der Waals surface area (Å²) in [5.41, 5.74) is 1.95. The Morgan fingerprint density at radius 2 is 1.57 bits per heavy atom. The fourth-order valence-corrected chi connectivity index (χ4v) is 6.45. The number of hydrogen-bond acceptors (Lipinski definition) is 4. The number of aromatic nitrogens is 1. The van der Waals surface area contributed by atoms with E-state index in [4.69, 9.17) is 62.4 Å². The Balaban J connectivity index is 1.50. The van der Waals surface area contributed by atoms with Gasteiger partial charge in [-0.3, -0.25) is 9.36 Å². The third kappa shape index (κ3) is 5.16. The topological polar surface area (TPSA) is 47.5 Å². The maximum absolute atomic E-state index is 14.4. The second-order valence-electron chi connectivity index (χ2n) is 8.80. The van der Waals surface area contributed by atoms with Gasteiger partial charge in [-0.25, -0.2) is 9.38 Å². The van der Waals surface area contributed by atoms with Crippen LogP contribution in [0.1, 0.15) is 22.9 Å². The predicted molar refractivity (Wildman–Crippen MR) is 161 cm³/mol. The molecule has 6 rings (SSSR count). The molecule has 11 heteroatoms. The van der Waals surface area contributed by atoms with E-state index in [-0.39, 0.29) is 15.6 Å². The number of allylic oxidation sites excluding steroid dienone is 1. The summed E-state index contributed by atoms with van der Waals surface area (Å²) in [6.45, 7) is 0. The van der Waals surface area contributed by atoms with Crippen molar-refractivity contribution in [3.8, 4) is 11.3 Å². The zero-order valence-corrected chi connectivity index (χ0v) is 24.6. The largest absolute Gasteiger partial charge is 0.457 e. The van der Waals surface area contributed by atoms with Crippen molar-refractivity contribution in [2.75, 3.05) is 0 Å². The van der Waals surface area contributed by atoms with Gasteiger partial charge < -0.3 is 4.42 Å². The fourth-order valence-electron chi connectivity index (χ4n) is 4.34. The van der Waals surface area contributed by atoms with Crippen molar-refractivity contribution in [2.45, 2.75) is 6.04 Å². The highest BCUT2D eigenvalue weighted by Crippen LogP contribution is 2.34. The highest BCUT2D eigenvalue weighted by molar-refractivity contribution is 7.07.